The number of benzene rings is 1. The smallest absolute Gasteiger partial charge is 0.227 e. The number of nitrogens with zero attached hydrogens (tertiary/aromatic N) is 1. The predicted molar refractivity (Wildman–Crippen MR) is 85.4 cm³/mol. The van der Waals surface area contributed by atoms with Crippen molar-refractivity contribution in [2.75, 3.05) is 6.54 Å². The largest absolute Gasteiger partial charge is 0.338 e. The number of rotatable bonds is 3. The van der Waals surface area contributed by atoms with Crippen LogP contribution in [-0.4, -0.2) is 29.4 Å². The molecule has 1 heterocycles. The number of nitrogens with two attached hydrogens (primary N) is 1. The lowest BCUT2D eigenvalue weighted by molar-refractivity contribution is -0.134. The van der Waals surface area contributed by atoms with Gasteiger partial charge in [-0.05, 0) is 37.8 Å². The highest BCUT2D eigenvalue weighted by molar-refractivity contribution is 6.31. The number of piperidine rings is 1. The molecule has 2 N–H and O–H groups in total. The van der Waals surface area contributed by atoms with Crippen LogP contribution in [0.25, 0.3) is 0 Å². The van der Waals surface area contributed by atoms with E-state index in [1.165, 1.54) is 0 Å². The Morgan fingerprint density at radius 3 is 2.80 bits per heavy atom. The second-order valence-electron chi connectivity index (χ2n) is 5.28. The summed E-state index contributed by atoms with van der Waals surface area (Å²) in [5, 5.41) is 0.658. The van der Waals surface area contributed by atoms with Gasteiger partial charge < -0.3 is 10.6 Å². The van der Waals surface area contributed by atoms with Crippen LogP contribution < -0.4 is 5.73 Å². The molecule has 1 aromatic rings. The van der Waals surface area contributed by atoms with Gasteiger partial charge in [0.1, 0.15) is 0 Å². The maximum atomic E-state index is 12.4. The second-order valence-corrected chi connectivity index (χ2v) is 5.68. The van der Waals surface area contributed by atoms with Gasteiger partial charge in [-0.25, -0.2) is 0 Å². The molecule has 0 saturated carbocycles. The van der Waals surface area contributed by atoms with Crippen LogP contribution >= 0.6 is 24.0 Å². The molecule has 0 radical (unpaired) electrons. The molecule has 1 aliphatic heterocycles. The molecule has 0 aliphatic carbocycles. The highest BCUT2D eigenvalue weighted by atomic mass is 35.5. The number of carbonyl (C=O) groups excluding carboxylic acids is 1. The minimum absolute atomic E-state index is 0. The van der Waals surface area contributed by atoms with Crippen molar-refractivity contribution in [1.82, 2.24) is 4.90 Å². The molecule has 2 atom stereocenters. The first kappa shape index (κ1) is 17.3. The summed E-state index contributed by atoms with van der Waals surface area (Å²) in [4.78, 5) is 14.4. The fraction of sp³-hybridized carbons (Fsp3) is 0.533. The minimum atomic E-state index is 0. The summed E-state index contributed by atoms with van der Waals surface area (Å²) in [5.74, 6) is 0.134. The van der Waals surface area contributed by atoms with Gasteiger partial charge in [-0.15, -0.1) is 12.4 Å². The Hall–Kier alpha value is -0.770. The van der Waals surface area contributed by atoms with Crippen molar-refractivity contribution in [3.63, 3.8) is 0 Å². The standard InChI is InChI=1S/C15H21ClN2O.ClH/c1-11(17)14-8-4-5-9-18(14)15(19)10-12-6-2-3-7-13(12)16;/h2-3,6-7,11,14H,4-5,8-10,17H2,1H3;1H. The fourth-order valence-corrected chi connectivity index (χ4v) is 2.92. The average molecular weight is 317 g/mol. The topological polar surface area (TPSA) is 46.3 Å². The quantitative estimate of drug-likeness (QED) is 0.931. The summed E-state index contributed by atoms with van der Waals surface area (Å²) in [6, 6.07) is 7.71. The molecule has 1 fully saturated rings. The van der Waals surface area contributed by atoms with E-state index in [1.54, 1.807) is 0 Å². The van der Waals surface area contributed by atoms with Gasteiger partial charge in [0.05, 0.1) is 6.42 Å². The van der Waals surface area contributed by atoms with Crippen molar-refractivity contribution in [2.24, 2.45) is 5.73 Å². The third-order valence-corrected chi connectivity index (χ3v) is 4.14. The van der Waals surface area contributed by atoms with Crippen molar-refractivity contribution < 1.29 is 4.79 Å². The van der Waals surface area contributed by atoms with E-state index in [0.29, 0.717) is 11.4 Å². The number of likely N-dealkylation sites (tertiary alicyclic amines) is 1. The first-order chi connectivity index (χ1) is 9.09. The van der Waals surface area contributed by atoms with Gasteiger partial charge in [-0.1, -0.05) is 29.8 Å². The zero-order chi connectivity index (χ0) is 13.8. The number of amides is 1. The Kier molecular flexibility index (Phi) is 6.80. The average Bonchev–Trinajstić information content (AvgIpc) is 2.41. The molecule has 5 heteroatoms. The van der Waals surface area contributed by atoms with Crippen molar-refractivity contribution in [3.05, 3.63) is 34.9 Å². The molecule has 2 rings (SSSR count). The van der Waals surface area contributed by atoms with Crippen molar-refractivity contribution in [2.45, 2.75) is 44.7 Å². The Labute approximate surface area is 131 Å². The Morgan fingerprint density at radius 2 is 2.15 bits per heavy atom. The molecule has 0 aromatic heterocycles. The van der Waals surface area contributed by atoms with Gasteiger partial charge in [0, 0.05) is 23.7 Å². The minimum Gasteiger partial charge on any atom is -0.338 e. The molecule has 1 aromatic carbocycles. The van der Waals surface area contributed by atoms with E-state index < -0.39 is 0 Å². The molecule has 1 aliphatic rings. The molecule has 0 spiro atoms. The first-order valence-electron chi connectivity index (χ1n) is 6.88. The third-order valence-electron chi connectivity index (χ3n) is 3.78. The highest BCUT2D eigenvalue weighted by Crippen LogP contribution is 2.22. The van der Waals surface area contributed by atoms with Crippen LogP contribution in [0.3, 0.4) is 0 Å². The van der Waals surface area contributed by atoms with Crippen molar-refractivity contribution in [3.8, 4) is 0 Å². The maximum Gasteiger partial charge on any atom is 0.227 e. The molecule has 1 amide bonds. The lowest BCUT2D eigenvalue weighted by Crippen LogP contribution is -2.52. The summed E-state index contributed by atoms with van der Waals surface area (Å²) < 4.78 is 0. The van der Waals surface area contributed by atoms with Crippen LogP contribution in [0.15, 0.2) is 24.3 Å². The van der Waals surface area contributed by atoms with E-state index in [-0.39, 0.29) is 30.4 Å². The molecular formula is C15H22Cl2N2O. The van der Waals surface area contributed by atoms with Crippen molar-refractivity contribution >= 4 is 29.9 Å². The molecule has 3 nitrogen and oxygen atoms in total. The van der Waals surface area contributed by atoms with Gasteiger partial charge in [-0.3, -0.25) is 4.79 Å². The second kappa shape index (κ2) is 7.87. The number of hydrogen-bond acceptors (Lipinski definition) is 2. The van der Waals surface area contributed by atoms with Gasteiger partial charge in [0.25, 0.3) is 0 Å². The number of hydrogen-bond donors (Lipinski definition) is 1. The lowest BCUT2D eigenvalue weighted by Gasteiger charge is -2.38. The molecule has 1 saturated heterocycles. The van der Waals surface area contributed by atoms with E-state index >= 15 is 0 Å². The van der Waals surface area contributed by atoms with Crippen LogP contribution in [0.4, 0.5) is 0 Å². The summed E-state index contributed by atoms with van der Waals surface area (Å²) in [6.07, 6.45) is 3.59. The van der Waals surface area contributed by atoms with Crippen LogP contribution in [-0.2, 0) is 11.2 Å². The van der Waals surface area contributed by atoms with E-state index in [9.17, 15) is 4.79 Å². The lowest BCUT2D eigenvalue weighted by atomic mass is 9.96. The highest BCUT2D eigenvalue weighted by Gasteiger charge is 2.29. The number of halogens is 2. The predicted octanol–water partition coefficient (Wildman–Crippen LogP) is 3.03. The summed E-state index contributed by atoms with van der Waals surface area (Å²) in [5.41, 5.74) is 6.89. The summed E-state index contributed by atoms with van der Waals surface area (Å²) in [6.45, 7) is 2.79. The van der Waals surface area contributed by atoms with Gasteiger partial charge in [-0.2, -0.15) is 0 Å². The Balaban J connectivity index is 0.00000200. The maximum absolute atomic E-state index is 12.4. The van der Waals surface area contributed by atoms with Crippen LogP contribution in [0.2, 0.25) is 5.02 Å². The summed E-state index contributed by atoms with van der Waals surface area (Å²) >= 11 is 6.11. The van der Waals surface area contributed by atoms with Crippen LogP contribution in [0.5, 0.6) is 0 Å². The fourth-order valence-electron chi connectivity index (χ4n) is 2.72. The monoisotopic (exact) mass is 316 g/mol. The van der Waals surface area contributed by atoms with E-state index in [0.717, 1.165) is 31.4 Å². The number of carbonyl (C=O) groups is 1. The van der Waals surface area contributed by atoms with Crippen LogP contribution in [0, 0.1) is 0 Å². The molecule has 112 valence electrons. The van der Waals surface area contributed by atoms with Crippen molar-refractivity contribution in [1.29, 1.82) is 0 Å². The molecule has 0 bridgehead atoms. The molecular weight excluding hydrogens is 295 g/mol. The van der Waals surface area contributed by atoms with Gasteiger partial charge in [0.15, 0.2) is 0 Å². The van der Waals surface area contributed by atoms with E-state index in [2.05, 4.69) is 0 Å². The zero-order valence-electron chi connectivity index (χ0n) is 11.7. The zero-order valence-corrected chi connectivity index (χ0v) is 13.3. The SMILES string of the molecule is CC(N)C1CCCCN1C(=O)Cc1ccccc1Cl.Cl. The Bertz CT molecular complexity index is 451. The van der Waals surface area contributed by atoms with E-state index in [4.69, 9.17) is 17.3 Å². The van der Waals surface area contributed by atoms with Crippen LogP contribution in [0.1, 0.15) is 31.7 Å². The molecule has 2 unspecified atom stereocenters. The Morgan fingerprint density at radius 1 is 1.45 bits per heavy atom. The first-order valence-corrected chi connectivity index (χ1v) is 7.26. The normalized spacial score (nSPS) is 20.1. The summed E-state index contributed by atoms with van der Waals surface area (Å²) in [7, 11) is 0. The molecule has 20 heavy (non-hydrogen) atoms. The third kappa shape index (κ3) is 4.11. The van der Waals surface area contributed by atoms with E-state index in [1.807, 2.05) is 36.1 Å². The van der Waals surface area contributed by atoms with Gasteiger partial charge >= 0.3 is 0 Å². The van der Waals surface area contributed by atoms with Gasteiger partial charge in [0.2, 0.25) is 5.91 Å².